The second-order valence-electron chi connectivity index (χ2n) is 4.52. The lowest BCUT2D eigenvalue weighted by Gasteiger charge is -2.06. The molecule has 4 rings (SSSR count). The average molecular weight is 333 g/mol. The molecule has 0 bridgehead atoms. The van der Waals surface area contributed by atoms with Gasteiger partial charge in [-0.15, -0.1) is 22.7 Å². The highest BCUT2D eigenvalue weighted by atomic mass is 35.5. The van der Waals surface area contributed by atoms with Crippen molar-refractivity contribution in [2.75, 3.05) is 0 Å². The van der Waals surface area contributed by atoms with Crippen LogP contribution in [0.2, 0.25) is 5.15 Å². The molecule has 21 heavy (non-hydrogen) atoms. The zero-order valence-corrected chi connectivity index (χ0v) is 13.4. The minimum atomic E-state index is 0.420. The maximum absolute atomic E-state index is 5.94. The van der Waals surface area contributed by atoms with Crippen molar-refractivity contribution in [3.8, 4) is 11.6 Å². The Labute approximate surface area is 133 Å². The molecule has 6 heteroatoms. The van der Waals surface area contributed by atoms with Gasteiger partial charge >= 0.3 is 0 Å². The predicted molar refractivity (Wildman–Crippen MR) is 89.1 cm³/mol. The van der Waals surface area contributed by atoms with Crippen LogP contribution in [0.3, 0.4) is 0 Å². The van der Waals surface area contributed by atoms with E-state index in [1.54, 1.807) is 34.8 Å². The van der Waals surface area contributed by atoms with E-state index in [2.05, 4.69) is 15.3 Å². The van der Waals surface area contributed by atoms with Gasteiger partial charge in [0.1, 0.15) is 10.9 Å². The zero-order chi connectivity index (χ0) is 14.4. The number of hydrogen-bond donors (Lipinski definition) is 0. The molecule has 0 aliphatic rings. The largest absolute Gasteiger partial charge is 0.438 e. The molecular formula is C15H9ClN2OS2. The van der Waals surface area contributed by atoms with Gasteiger partial charge in [-0.2, -0.15) is 0 Å². The summed E-state index contributed by atoms with van der Waals surface area (Å²) in [6.07, 6.45) is 0. The zero-order valence-electron chi connectivity index (χ0n) is 11.0. The Bertz CT molecular complexity index is 961. The van der Waals surface area contributed by atoms with Crippen LogP contribution in [0.15, 0.2) is 35.7 Å². The van der Waals surface area contributed by atoms with Crippen LogP contribution < -0.4 is 4.74 Å². The van der Waals surface area contributed by atoms with Gasteiger partial charge < -0.3 is 4.74 Å². The first-order chi connectivity index (χ1) is 10.2. The molecule has 0 atom stereocenters. The summed E-state index contributed by atoms with van der Waals surface area (Å²) in [5.74, 6) is 1.28. The summed E-state index contributed by atoms with van der Waals surface area (Å²) < 4.78 is 8.21. The van der Waals surface area contributed by atoms with E-state index in [0.717, 1.165) is 31.1 Å². The van der Waals surface area contributed by atoms with Crippen LogP contribution in [0, 0.1) is 6.92 Å². The molecule has 0 N–H and O–H groups in total. The van der Waals surface area contributed by atoms with Crippen molar-refractivity contribution in [2.24, 2.45) is 0 Å². The minimum Gasteiger partial charge on any atom is -0.438 e. The highest BCUT2D eigenvalue weighted by molar-refractivity contribution is 7.21. The quantitative estimate of drug-likeness (QED) is 0.444. The number of benzene rings is 1. The first-order valence-electron chi connectivity index (χ1n) is 6.28. The van der Waals surface area contributed by atoms with Crippen LogP contribution >= 0.6 is 34.3 Å². The van der Waals surface area contributed by atoms with Crippen molar-refractivity contribution in [3.05, 3.63) is 45.9 Å². The van der Waals surface area contributed by atoms with Crippen LogP contribution in [0.4, 0.5) is 0 Å². The third kappa shape index (κ3) is 2.27. The van der Waals surface area contributed by atoms with E-state index in [4.69, 9.17) is 16.3 Å². The fraction of sp³-hybridized carbons (Fsp3) is 0.0667. The molecule has 0 saturated heterocycles. The maximum atomic E-state index is 5.94. The Morgan fingerprint density at radius 3 is 2.95 bits per heavy atom. The summed E-state index contributed by atoms with van der Waals surface area (Å²) in [5.41, 5.74) is 1.05. The molecule has 0 saturated carbocycles. The molecule has 0 unspecified atom stereocenters. The lowest BCUT2D eigenvalue weighted by molar-refractivity contribution is 0.469. The summed E-state index contributed by atoms with van der Waals surface area (Å²) in [5, 5.41) is 4.58. The lowest BCUT2D eigenvalue weighted by Crippen LogP contribution is -1.88. The van der Waals surface area contributed by atoms with Crippen molar-refractivity contribution >= 4 is 54.6 Å². The molecule has 3 nitrogen and oxygen atoms in total. The van der Waals surface area contributed by atoms with E-state index in [1.807, 2.05) is 25.1 Å². The first-order valence-corrected chi connectivity index (χ1v) is 8.36. The number of aromatic nitrogens is 2. The van der Waals surface area contributed by atoms with Crippen LogP contribution in [0.5, 0.6) is 11.6 Å². The number of nitrogens with zero attached hydrogens (tertiary/aromatic N) is 2. The van der Waals surface area contributed by atoms with Gasteiger partial charge in [0.2, 0.25) is 5.88 Å². The number of aryl methyl sites for hydroxylation is 1. The maximum Gasteiger partial charge on any atom is 0.220 e. The Morgan fingerprint density at radius 2 is 2.10 bits per heavy atom. The lowest BCUT2D eigenvalue weighted by atomic mass is 10.2. The summed E-state index contributed by atoms with van der Waals surface area (Å²) in [6, 6.07) is 9.42. The van der Waals surface area contributed by atoms with Gasteiger partial charge in [-0.3, -0.25) is 0 Å². The average Bonchev–Trinajstić information content (AvgIpc) is 3.04. The van der Waals surface area contributed by atoms with E-state index in [-0.39, 0.29) is 0 Å². The molecule has 3 heterocycles. The van der Waals surface area contributed by atoms with Gasteiger partial charge in [-0.05, 0) is 24.4 Å². The fourth-order valence-corrected chi connectivity index (χ4v) is 4.22. The Balaban J connectivity index is 1.92. The Hall–Kier alpha value is -1.69. The molecule has 3 aromatic heterocycles. The number of halogens is 1. The second kappa shape index (κ2) is 4.94. The Kier molecular flexibility index (Phi) is 3.06. The van der Waals surface area contributed by atoms with Gasteiger partial charge in [0.25, 0.3) is 0 Å². The van der Waals surface area contributed by atoms with E-state index >= 15 is 0 Å². The van der Waals surface area contributed by atoms with Crippen molar-refractivity contribution in [1.29, 1.82) is 0 Å². The molecule has 0 radical (unpaired) electrons. The fourth-order valence-electron chi connectivity index (χ4n) is 2.23. The normalized spacial score (nSPS) is 11.3. The van der Waals surface area contributed by atoms with Crippen molar-refractivity contribution in [1.82, 2.24) is 9.97 Å². The predicted octanol–water partition coefficient (Wildman–Crippen LogP) is 5.66. The van der Waals surface area contributed by atoms with Gasteiger partial charge in [0.15, 0.2) is 0 Å². The smallest absolute Gasteiger partial charge is 0.220 e. The number of fused-ring (bicyclic) bond motifs is 3. The molecule has 0 aliphatic carbocycles. The first kappa shape index (κ1) is 13.0. The number of thiophene rings is 1. The Morgan fingerprint density at radius 1 is 1.19 bits per heavy atom. The molecule has 0 spiro atoms. The molecule has 104 valence electrons. The van der Waals surface area contributed by atoms with Crippen molar-refractivity contribution < 1.29 is 4.74 Å². The van der Waals surface area contributed by atoms with Crippen LogP contribution in [0.1, 0.15) is 5.01 Å². The summed E-state index contributed by atoms with van der Waals surface area (Å²) in [4.78, 5) is 8.79. The number of ether oxygens (including phenoxy) is 1. The van der Waals surface area contributed by atoms with E-state index < -0.39 is 0 Å². The second-order valence-corrected chi connectivity index (χ2v) is 7.06. The molecular weight excluding hydrogens is 324 g/mol. The number of pyridine rings is 1. The molecule has 1 aromatic carbocycles. The molecule has 0 aliphatic heterocycles. The van der Waals surface area contributed by atoms with Crippen LogP contribution in [-0.2, 0) is 0 Å². The number of rotatable bonds is 2. The van der Waals surface area contributed by atoms with Crippen LogP contribution in [-0.4, -0.2) is 9.97 Å². The summed E-state index contributed by atoms with van der Waals surface area (Å²) in [6.45, 7) is 2.02. The topological polar surface area (TPSA) is 35.0 Å². The monoisotopic (exact) mass is 332 g/mol. The number of thiazole rings is 1. The standard InChI is InChI=1S/C15H9ClN2OS2/c1-8-17-14-11(21-8)7-10(9-5-6-20-15(9)14)19-13-4-2-3-12(16)18-13/h2-7H,1H3. The van der Waals surface area contributed by atoms with Gasteiger partial charge in [0, 0.05) is 17.5 Å². The van der Waals surface area contributed by atoms with E-state index in [9.17, 15) is 0 Å². The highest BCUT2D eigenvalue weighted by Gasteiger charge is 2.13. The van der Waals surface area contributed by atoms with Crippen LogP contribution in [0.25, 0.3) is 20.3 Å². The highest BCUT2D eigenvalue weighted by Crippen LogP contribution is 2.40. The molecule has 0 amide bonds. The third-order valence-electron chi connectivity index (χ3n) is 3.07. The number of hydrogen-bond acceptors (Lipinski definition) is 5. The third-order valence-corrected chi connectivity index (χ3v) is 5.12. The van der Waals surface area contributed by atoms with Gasteiger partial charge in [-0.1, -0.05) is 17.7 Å². The minimum absolute atomic E-state index is 0.420. The van der Waals surface area contributed by atoms with Gasteiger partial charge in [-0.25, -0.2) is 9.97 Å². The van der Waals surface area contributed by atoms with Crippen molar-refractivity contribution in [2.45, 2.75) is 6.92 Å². The molecule has 4 aromatic rings. The summed E-state index contributed by atoms with van der Waals surface area (Å²) in [7, 11) is 0. The van der Waals surface area contributed by atoms with E-state index in [1.165, 1.54) is 0 Å². The summed E-state index contributed by atoms with van der Waals surface area (Å²) >= 11 is 9.25. The van der Waals surface area contributed by atoms with E-state index in [0.29, 0.717) is 11.0 Å². The molecule has 0 fully saturated rings. The van der Waals surface area contributed by atoms with Crippen molar-refractivity contribution in [3.63, 3.8) is 0 Å². The SMILES string of the molecule is Cc1nc2c(cc(Oc3cccc(Cl)n3)c3ccsc32)s1. The van der Waals surface area contributed by atoms with Gasteiger partial charge in [0.05, 0.1) is 19.9 Å².